The molecule has 0 atom stereocenters. The van der Waals surface area contributed by atoms with Crippen molar-refractivity contribution in [3.8, 4) is 22.1 Å². The van der Waals surface area contributed by atoms with E-state index >= 15 is 0 Å². The molecule has 1 amide bonds. The molecule has 0 saturated heterocycles. The first-order valence-corrected chi connectivity index (χ1v) is 9.61. The molecule has 0 aliphatic heterocycles. The van der Waals surface area contributed by atoms with Crippen molar-refractivity contribution in [3.05, 3.63) is 52.1 Å². The Hall–Kier alpha value is -2.93. The summed E-state index contributed by atoms with van der Waals surface area (Å²) in [5.41, 5.74) is 6.28. The van der Waals surface area contributed by atoms with Gasteiger partial charge in [-0.2, -0.15) is 0 Å². The number of aromatic nitrogens is 2. The van der Waals surface area contributed by atoms with Gasteiger partial charge in [0, 0.05) is 17.2 Å². The topological polar surface area (TPSA) is 73.3 Å². The summed E-state index contributed by atoms with van der Waals surface area (Å²) in [6.45, 7) is 8.34. The monoisotopic (exact) mass is 397 g/mol. The number of ether oxygens (including phenoxy) is 2. The molecule has 146 valence electrons. The zero-order valence-electron chi connectivity index (χ0n) is 16.8. The Balaban J connectivity index is 1.89. The molecule has 0 spiro atoms. The number of anilines is 1. The van der Waals surface area contributed by atoms with E-state index in [1.807, 2.05) is 0 Å². The van der Waals surface area contributed by atoms with Crippen LogP contribution in [-0.4, -0.2) is 30.3 Å². The van der Waals surface area contributed by atoms with E-state index in [-0.39, 0.29) is 5.91 Å². The van der Waals surface area contributed by atoms with E-state index in [9.17, 15) is 4.79 Å². The molecular formula is C21H23N3O3S. The first kappa shape index (κ1) is 19.8. The Morgan fingerprint density at radius 2 is 1.46 bits per heavy atom. The Bertz CT molecular complexity index is 995. The number of nitrogens with one attached hydrogen (secondary N) is 1. The Morgan fingerprint density at radius 1 is 0.893 bits per heavy atom. The van der Waals surface area contributed by atoms with Gasteiger partial charge in [0.2, 0.25) is 5.13 Å². The molecule has 1 aromatic heterocycles. The molecule has 0 aliphatic rings. The molecule has 0 fully saturated rings. The zero-order chi connectivity index (χ0) is 20.4. The van der Waals surface area contributed by atoms with Gasteiger partial charge in [0.15, 0.2) is 0 Å². The summed E-state index contributed by atoms with van der Waals surface area (Å²) in [5.74, 6) is 0.793. The fraction of sp³-hybridized carbons (Fsp3) is 0.286. The van der Waals surface area contributed by atoms with Gasteiger partial charge >= 0.3 is 0 Å². The van der Waals surface area contributed by atoms with Crippen LogP contribution in [0.2, 0.25) is 0 Å². The van der Waals surface area contributed by atoms with Gasteiger partial charge in [-0.1, -0.05) is 17.4 Å². The number of carbonyl (C=O) groups is 1. The van der Waals surface area contributed by atoms with Crippen molar-refractivity contribution in [2.24, 2.45) is 0 Å². The van der Waals surface area contributed by atoms with Crippen LogP contribution in [0.5, 0.6) is 11.5 Å². The van der Waals surface area contributed by atoms with Crippen LogP contribution in [0.3, 0.4) is 0 Å². The molecule has 0 radical (unpaired) electrons. The fourth-order valence-electron chi connectivity index (χ4n) is 3.02. The summed E-state index contributed by atoms with van der Waals surface area (Å²) in [5, 5.41) is 12.5. The molecule has 0 bridgehead atoms. The third-order valence-corrected chi connectivity index (χ3v) is 5.70. The maximum atomic E-state index is 12.7. The van der Waals surface area contributed by atoms with Crippen molar-refractivity contribution in [1.29, 1.82) is 0 Å². The van der Waals surface area contributed by atoms with Crippen LogP contribution in [0.25, 0.3) is 10.6 Å². The van der Waals surface area contributed by atoms with Crippen molar-refractivity contribution in [2.75, 3.05) is 19.5 Å². The third kappa shape index (κ3) is 3.84. The van der Waals surface area contributed by atoms with Crippen LogP contribution in [0.15, 0.2) is 24.3 Å². The van der Waals surface area contributed by atoms with Gasteiger partial charge in [-0.15, -0.1) is 10.2 Å². The molecule has 3 rings (SSSR count). The number of benzene rings is 2. The standard InChI is InChI=1S/C21H23N3O3S/c1-11-7-12(2)14(4)18(13(11)3)20-23-24-21(28-20)22-19(25)15-8-16(26-5)10-17(9-15)27-6/h7-10H,1-6H3,(H,22,24,25). The lowest BCUT2D eigenvalue weighted by Crippen LogP contribution is -2.12. The summed E-state index contributed by atoms with van der Waals surface area (Å²) < 4.78 is 10.4. The first-order chi connectivity index (χ1) is 13.3. The number of carbonyl (C=O) groups excluding carboxylic acids is 1. The molecule has 0 saturated carbocycles. The number of aryl methyl sites for hydroxylation is 2. The number of amides is 1. The second-order valence-corrected chi connectivity index (χ2v) is 7.58. The molecule has 0 aliphatic carbocycles. The predicted octanol–water partition coefficient (Wildman–Crippen LogP) is 4.71. The average Bonchev–Trinajstić information content (AvgIpc) is 3.14. The van der Waals surface area contributed by atoms with E-state index in [2.05, 4.69) is 49.3 Å². The van der Waals surface area contributed by atoms with Crippen LogP contribution < -0.4 is 14.8 Å². The molecular weight excluding hydrogens is 374 g/mol. The van der Waals surface area contributed by atoms with Crippen molar-refractivity contribution in [2.45, 2.75) is 27.7 Å². The number of nitrogens with zero attached hydrogens (tertiary/aromatic N) is 2. The van der Waals surface area contributed by atoms with Crippen molar-refractivity contribution in [3.63, 3.8) is 0 Å². The van der Waals surface area contributed by atoms with Crippen LogP contribution in [-0.2, 0) is 0 Å². The zero-order valence-corrected chi connectivity index (χ0v) is 17.7. The molecule has 3 aromatic rings. The Morgan fingerprint density at radius 3 is 2.00 bits per heavy atom. The molecule has 6 nitrogen and oxygen atoms in total. The van der Waals surface area contributed by atoms with Crippen molar-refractivity contribution in [1.82, 2.24) is 10.2 Å². The molecule has 2 aromatic carbocycles. The van der Waals surface area contributed by atoms with Crippen LogP contribution in [0, 0.1) is 27.7 Å². The minimum absolute atomic E-state index is 0.297. The quantitative estimate of drug-likeness (QED) is 0.675. The summed E-state index contributed by atoms with van der Waals surface area (Å²) in [4.78, 5) is 12.7. The summed E-state index contributed by atoms with van der Waals surface area (Å²) in [6, 6.07) is 7.19. The average molecular weight is 398 g/mol. The SMILES string of the molecule is COc1cc(OC)cc(C(=O)Nc2nnc(-c3c(C)c(C)cc(C)c3C)s2)c1. The van der Waals surface area contributed by atoms with Gasteiger partial charge in [0.1, 0.15) is 16.5 Å². The highest BCUT2D eigenvalue weighted by molar-refractivity contribution is 7.18. The van der Waals surface area contributed by atoms with Gasteiger partial charge in [0.05, 0.1) is 14.2 Å². The number of hydrogen-bond donors (Lipinski definition) is 1. The first-order valence-electron chi connectivity index (χ1n) is 8.79. The summed E-state index contributed by atoms with van der Waals surface area (Å²) in [6.07, 6.45) is 0. The van der Waals surface area contributed by atoms with E-state index < -0.39 is 0 Å². The lowest BCUT2D eigenvalue weighted by Gasteiger charge is -2.12. The van der Waals surface area contributed by atoms with E-state index in [1.54, 1.807) is 32.4 Å². The lowest BCUT2D eigenvalue weighted by molar-refractivity contribution is 0.102. The number of rotatable bonds is 5. The van der Waals surface area contributed by atoms with E-state index in [0.29, 0.717) is 22.2 Å². The molecule has 1 N–H and O–H groups in total. The van der Waals surface area contributed by atoms with Crippen LogP contribution >= 0.6 is 11.3 Å². The summed E-state index contributed by atoms with van der Waals surface area (Å²) in [7, 11) is 3.09. The smallest absolute Gasteiger partial charge is 0.257 e. The van der Waals surface area contributed by atoms with E-state index in [0.717, 1.165) is 10.6 Å². The molecule has 0 unspecified atom stereocenters. The highest BCUT2D eigenvalue weighted by Gasteiger charge is 2.17. The van der Waals surface area contributed by atoms with Gasteiger partial charge in [-0.3, -0.25) is 10.1 Å². The Labute approximate surface area is 168 Å². The Kier molecular flexibility index (Phi) is 5.65. The maximum absolute atomic E-state index is 12.7. The fourth-order valence-corrected chi connectivity index (χ4v) is 3.92. The van der Waals surface area contributed by atoms with Crippen LogP contribution in [0.1, 0.15) is 32.6 Å². The van der Waals surface area contributed by atoms with Crippen molar-refractivity contribution >= 4 is 22.4 Å². The second-order valence-electron chi connectivity index (χ2n) is 6.60. The minimum atomic E-state index is -0.297. The maximum Gasteiger partial charge on any atom is 0.257 e. The molecule has 28 heavy (non-hydrogen) atoms. The predicted molar refractivity (Wildman–Crippen MR) is 112 cm³/mol. The highest BCUT2D eigenvalue weighted by Crippen LogP contribution is 2.35. The number of hydrogen-bond acceptors (Lipinski definition) is 6. The van der Waals surface area contributed by atoms with Gasteiger partial charge in [-0.25, -0.2) is 0 Å². The van der Waals surface area contributed by atoms with E-state index in [1.165, 1.54) is 33.6 Å². The number of methoxy groups -OCH3 is 2. The third-order valence-electron chi connectivity index (χ3n) is 4.84. The molecule has 1 heterocycles. The lowest BCUT2D eigenvalue weighted by atomic mass is 9.95. The summed E-state index contributed by atoms with van der Waals surface area (Å²) >= 11 is 1.36. The van der Waals surface area contributed by atoms with Gasteiger partial charge in [-0.05, 0) is 62.1 Å². The van der Waals surface area contributed by atoms with Crippen molar-refractivity contribution < 1.29 is 14.3 Å². The van der Waals surface area contributed by atoms with E-state index in [4.69, 9.17) is 9.47 Å². The largest absolute Gasteiger partial charge is 0.497 e. The van der Waals surface area contributed by atoms with Gasteiger partial charge < -0.3 is 9.47 Å². The highest BCUT2D eigenvalue weighted by atomic mass is 32.1. The second kappa shape index (κ2) is 7.98. The molecule has 7 heteroatoms. The van der Waals surface area contributed by atoms with Crippen LogP contribution in [0.4, 0.5) is 5.13 Å². The van der Waals surface area contributed by atoms with Gasteiger partial charge in [0.25, 0.3) is 5.91 Å². The normalized spacial score (nSPS) is 10.6. The minimum Gasteiger partial charge on any atom is -0.497 e.